The van der Waals surface area contributed by atoms with Crippen molar-refractivity contribution in [1.82, 2.24) is 10.2 Å². The monoisotopic (exact) mass is 618 g/mol. The van der Waals surface area contributed by atoms with Gasteiger partial charge in [-0.1, -0.05) is 24.1 Å². The number of benzene rings is 1. The van der Waals surface area contributed by atoms with Crippen LogP contribution in [0.25, 0.3) is 0 Å². The third-order valence-corrected chi connectivity index (χ3v) is 9.31. The predicted molar refractivity (Wildman–Crippen MR) is 167 cm³/mol. The van der Waals surface area contributed by atoms with Gasteiger partial charge in [-0.3, -0.25) is 9.69 Å². The zero-order chi connectivity index (χ0) is 31.7. The highest BCUT2D eigenvalue weighted by molar-refractivity contribution is 5.77. The fourth-order valence-electron chi connectivity index (χ4n) is 6.44. The molecule has 2 fully saturated rings. The second-order valence-electron chi connectivity index (χ2n) is 12.8. The summed E-state index contributed by atoms with van der Waals surface area (Å²) in [5.74, 6) is -1.94. The summed E-state index contributed by atoms with van der Waals surface area (Å²) in [5, 5.41) is 13.6. The zero-order valence-electron chi connectivity index (χ0n) is 26.5. The minimum atomic E-state index is -1.59. The number of hydrogen-bond acceptors (Lipinski definition) is 5. The molecule has 0 saturated carbocycles. The largest absolute Gasteiger partial charge is 0.490 e. The number of rotatable bonds is 14. The molecule has 1 aromatic rings. The molecule has 9 heteroatoms. The predicted octanol–water partition coefficient (Wildman–Crippen LogP) is 7.62. The first-order valence-electron chi connectivity index (χ1n) is 16.1. The molecule has 0 aromatic heterocycles. The number of nitrogens with one attached hydrogen (secondary N) is 1. The summed E-state index contributed by atoms with van der Waals surface area (Å²) >= 11 is 0. The Morgan fingerprint density at radius 3 is 2.75 bits per heavy atom. The smallest absolute Gasteiger partial charge is 0.325 e. The van der Waals surface area contributed by atoms with Gasteiger partial charge < -0.3 is 19.9 Å². The standard InChI is InChI=1S/C35H49F3N2O4/c1-24(2)26(10-11-27-8-6-17-39-25(27)3)7-4-5-9-31(37)28-14-18-40(22-28)33(34(41)42)30-21-29(36)12-13-32(30)44-23-35(38)15-19-43-20-16-35/h10-13,21,28,31,33,39H,4-9,14-20,22-23H2,1-3H3,(H,41,42)/b11-10-/t28-,31?,33?/m1/s1. The number of alkyl halides is 2. The summed E-state index contributed by atoms with van der Waals surface area (Å²) in [5.41, 5.74) is 3.66. The number of carboxylic acids is 1. The fraction of sp³-hybridized carbons (Fsp3) is 0.629. The van der Waals surface area contributed by atoms with Crippen molar-refractivity contribution in [2.75, 3.05) is 39.5 Å². The number of nitrogens with zero attached hydrogens (tertiary/aromatic N) is 1. The Balaban J connectivity index is 1.31. The van der Waals surface area contributed by atoms with E-state index in [1.165, 1.54) is 34.5 Å². The first-order valence-corrected chi connectivity index (χ1v) is 16.1. The maximum Gasteiger partial charge on any atom is 0.325 e. The number of carbonyl (C=O) groups is 1. The quantitative estimate of drug-likeness (QED) is 0.165. The summed E-state index contributed by atoms with van der Waals surface area (Å²) in [6.07, 6.45) is 9.39. The van der Waals surface area contributed by atoms with E-state index in [0.717, 1.165) is 44.7 Å². The van der Waals surface area contributed by atoms with Gasteiger partial charge in [0.1, 0.15) is 36.1 Å². The lowest BCUT2D eigenvalue weighted by Crippen LogP contribution is -2.38. The molecular weight excluding hydrogens is 569 g/mol. The van der Waals surface area contributed by atoms with Gasteiger partial charge in [0.15, 0.2) is 0 Å². The Morgan fingerprint density at radius 2 is 2.05 bits per heavy atom. The van der Waals surface area contributed by atoms with Crippen LogP contribution in [0.1, 0.15) is 90.2 Å². The number of allylic oxidation sites excluding steroid dienone is 6. The molecule has 6 nitrogen and oxygen atoms in total. The van der Waals surface area contributed by atoms with Crippen molar-refractivity contribution in [2.45, 2.75) is 96.4 Å². The van der Waals surface area contributed by atoms with Gasteiger partial charge in [-0.05, 0) is 95.2 Å². The first-order chi connectivity index (χ1) is 21.1. The lowest BCUT2D eigenvalue weighted by molar-refractivity contribution is -0.143. The average Bonchev–Trinajstić information content (AvgIpc) is 3.47. The highest BCUT2D eigenvalue weighted by Gasteiger charge is 2.39. The van der Waals surface area contributed by atoms with Crippen LogP contribution in [0.15, 0.2) is 52.8 Å². The first kappa shape index (κ1) is 34.1. The van der Waals surface area contributed by atoms with Gasteiger partial charge in [-0.25, -0.2) is 13.2 Å². The summed E-state index contributed by atoms with van der Waals surface area (Å²) < 4.78 is 55.9. The second-order valence-corrected chi connectivity index (χ2v) is 12.8. The van der Waals surface area contributed by atoms with Crippen LogP contribution in [-0.4, -0.2) is 67.3 Å². The van der Waals surface area contributed by atoms with Crippen molar-refractivity contribution >= 4 is 5.97 Å². The van der Waals surface area contributed by atoms with Gasteiger partial charge in [0, 0.05) is 56.3 Å². The molecule has 0 radical (unpaired) electrons. The number of likely N-dealkylation sites (tertiary alicyclic amines) is 1. The van der Waals surface area contributed by atoms with Crippen molar-refractivity contribution in [3.05, 3.63) is 64.1 Å². The molecule has 4 rings (SSSR count). The van der Waals surface area contributed by atoms with Gasteiger partial charge in [0.25, 0.3) is 0 Å². The van der Waals surface area contributed by atoms with Crippen molar-refractivity contribution < 1.29 is 32.5 Å². The fourth-order valence-corrected chi connectivity index (χ4v) is 6.44. The Bertz CT molecular complexity index is 1220. The van der Waals surface area contributed by atoms with E-state index in [1.54, 1.807) is 4.90 Å². The lowest BCUT2D eigenvalue weighted by Gasteiger charge is -2.31. The minimum absolute atomic E-state index is 0.126. The average molecular weight is 619 g/mol. The van der Waals surface area contributed by atoms with Crippen molar-refractivity contribution in [2.24, 2.45) is 5.92 Å². The summed E-state index contributed by atoms with van der Waals surface area (Å²) in [6.45, 7) is 8.30. The number of unbranched alkanes of at least 4 members (excludes halogenated alkanes) is 1. The van der Waals surface area contributed by atoms with E-state index in [4.69, 9.17) is 9.47 Å². The SMILES string of the molecule is CC(C)=C(/C=C\C1=C(C)NCCC1)CCCCC(F)[C@@H]1CCN(C(C(=O)O)c2cc(F)ccc2OCC2(F)CCOCC2)C1. The Hall–Kier alpha value is -2.78. The maximum absolute atomic E-state index is 15.4. The molecule has 1 aromatic carbocycles. The number of carboxylic acid groups (broad SMARTS) is 1. The molecule has 3 atom stereocenters. The van der Waals surface area contributed by atoms with Crippen LogP contribution in [-0.2, 0) is 9.53 Å². The molecule has 2 saturated heterocycles. The molecule has 0 amide bonds. The third-order valence-electron chi connectivity index (χ3n) is 9.31. The van der Waals surface area contributed by atoms with Crippen LogP contribution in [0.2, 0.25) is 0 Å². The normalized spacial score (nSPS) is 22.1. The molecule has 2 unspecified atom stereocenters. The Morgan fingerprint density at radius 1 is 1.27 bits per heavy atom. The minimum Gasteiger partial charge on any atom is -0.490 e. The van der Waals surface area contributed by atoms with E-state index in [0.29, 0.717) is 19.4 Å². The number of ether oxygens (including phenoxy) is 2. The van der Waals surface area contributed by atoms with E-state index in [1.807, 2.05) is 0 Å². The summed E-state index contributed by atoms with van der Waals surface area (Å²) in [7, 11) is 0. The van der Waals surface area contributed by atoms with E-state index in [9.17, 15) is 14.3 Å². The van der Waals surface area contributed by atoms with E-state index < -0.39 is 29.7 Å². The van der Waals surface area contributed by atoms with Gasteiger partial charge >= 0.3 is 5.97 Å². The van der Waals surface area contributed by atoms with Crippen LogP contribution in [0, 0.1) is 11.7 Å². The molecule has 3 aliphatic heterocycles. The topological polar surface area (TPSA) is 71.0 Å². The lowest BCUT2D eigenvalue weighted by atomic mass is 9.95. The van der Waals surface area contributed by atoms with Crippen molar-refractivity contribution in [1.29, 1.82) is 0 Å². The molecule has 0 spiro atoms. The second kappa shape index (κ2) is 16.0. The van der Waals surface area contributed by atoms with Crippen LogP contribution in [0.3, 0.4) is 0 Å². The molecule has 244 valence electrons. The molecule has 2 N–H and O–H groups in total. The number of halogens is 3. The molecule has 44 heavy (non-hydrogen) atoms. The van der Waals surface area contributed by atoms with E-state index in [-0.39, 0.29) is 56.4 Å². The van der Waals surface area contributed by atoms with E-state index >= 15 is 8.78 Å². The maximum atomic E-state index is 15.4. The molecule has 0 aliphatic carbocycles. The van der Waals surface area contributed by atoms with Crippen LogP contribution in [0.4, 0.5) is 13.2 Å². The number of aliphatic carboxylic acids is 1. The summed E-state index contributed by atoms with van der Waals surface area (Å²) in [6, 6.07) is 2.46. The highest BCUT2D eigenvalue weighted by atomic mass is 19.1. The zero-order valence-corrected chi connectivity index (χ0v) is 26.5. The molecule has 3 heterocycles. The number of hydrogen-bond donors (Lipinski definition) is 2. The highest BCUT2D eigenvalue weighted by Crippen LogP contribution is 2.37. The van der Waals surface area contributed by atoms with Gasteiger partial charge in [-0.15, -0.1) is 0 Å². The van der Waals surface area contributed by atoms with Crippen molar-refractivity contribution in [3.8, 4) is 5.75 Å². The molecule has 3 aliphatic rings. The Kier molecular flexibility index (Phi) is 12.4. The van der Waals surface area contributed by atoms with Crippen LogP contribution in [0.5, 0.6) is 5.75 Å². The van der Waals surface area contributed by atoms with Gasteiger partial charge in [0.05, 0.1) is 0 Å². The van der Waals surface area contributed by atoms with Crippen molar-refractivity contribution in [3.63, 3.8) is 0 Å². The summed E-state index contributed by atoms with van der Waals surface area (Å²) in [4.78, 5) is 14.2. The van der Waals surface area contributed by atoms with E-state index in [2.05, 4.69) is 38.2 Å². The van der Waals surface area contributed by atoms with Gasteiger partial charge in [0.2, 0.25) is 0 Å². The Labute approximate surface area is 260 Å². The molecule has 0 bridgehead atoms. The van der Waals surface area contributed by atoms with Crippen LogP contribution >= 0.6 is 0 Å². The third kappa shape index (κ3) is 9.36. The van der Waals surface area contributed by atoms with Crippen LogP contribution < -0.4 is 10.1 Å². The molecular formula is C35H49F3N2O4. The van der Waals surface area contributed by atoms with Gasteiger partial charge in [-0.2, -0.15) is 0 Å².